The molecule has 51 heavy (non-hydrogen) atoms. The molecule has 13 heteroatoms. The van der Waals surface area contributed by atoms with Crippen LogP contribution in [-0.2, 0) is 24.6 Å². The van der Waals surface area contributed by atoms with E-state index in [1.165, 1.54) is 65.2 Å². The van der Waals surface area contributed by atoms with E-state index in [-0.39, 0.29) is 11.7 Å². The summed E-state index contributed by atoms with van der Waals surface area (Å²) in [5.41, 5.74) is 0.596. The van der Waals surface area contributed by atoms with Crippen molar-refractivity contribution in [1.29, 1.82) is 0 Å². The summed E-state index contributed by atoms with van der Waals surface area (Å²) in [4.78, 5) is 52.3. The number of carbonyl (C=O) groups excluding carboxylic acids is 3. The first-order valence-corrected chi connectivity index (χ1v) is 16.8. The number of rotatable bonds is 15. The molecule has 1 fully saturated rings. The van der Waals surface area contributed by atoms with Gasteiger partial charge in [0.2, 0.25) is 11.8 Å². The van der Waals surface area contributed by atoms with Crippen LogP contribution in [-0.4, -0.2) is 64.1 Å². The molecule has 266 valence electrons. The number of hydrogen-bond acceptors (Lipinski definition) is 7. The lowest BCUT2D eigenvalue weighted by Crippen LogP contribution is -2.57. The lowest BCUT2D eigenvalue weighted by molar-refractivity contribution is -0.143. The molecule has 1 heterocycles. The van der Waals surface area contributed by atoms with Crippen LogP contribution in [0.3, 0.4) is 0 Å². The van der Waals surface area contributed by atoms with Gasteiger partial charge in [0.05, 0.1) is 18.7 Å². The van der Waals surface area contributed by atoms with E-state index in [4.69, 9.17) is 7.48 Å². The van der Waals surface area contributed by atoms with E-state index in [0.717, 1.165) is 0 Å². The van der Waals surface area contributed by atoms with Gasteiger partial charge < -0.3 is 30.5 Å². The highest BCUT2D eigenvalue weighted by Crippen LogP contribution is 2.46. The average molecular weight is 720 g/mol. The van der Waals surface area contributed by atoms with Gasteiger partial charge in [0, 0.05) is 19.6 Å². The first-order valence-electron chi connectivity index (χ1n) is 17.2. The van der Waals surface area contributed by atoms with Crippen LogP contribution in [0.2, 0.25) is 0 Å². The molecule has 0 bridgehead atoms. The third-order valence-corrected chi connectivity index (χ3v) is 9.66. The number of nitrogens with zero attached hydrogens (tertiary/aromatic N) is 1. The lowest BCUT2D eigenvalue weighted by Gasteiger charge is -2.47. The van der Waals surface area contributed by atoms with Crippen LogP contribution in [0.25, 0.3) is 0 Å². The molecule has 4 N–H and O–H groups in total. The monoisotopic (exact) mass is 719 g/mol. The van der Waals surface area contributed by atoms with Crippen molar-refractivity contribution in [2.24, 2.45) is 0 Å². The van der Waals surface area contributed by atoms with Gasteiger partial charge in [-0.3, -0.25) is 14.4 Å². The molecule has 5 rings (SSSR count). The number of amides is 3. The summed E-state index contributed by atoms with van der Waals surface area (Å²) in [5.74, 6) is -3.58. The minimum atomic E-state index is -1.60. The molecule has 10 nitrogen and oxygen atoms in total. The summed E-state index contributed by atoms with van der Waals surface area (Å²) in [7, 11) is 0. The Morgan fingerprint density at radius 2 is 1.55 bits per heavy atom. The standard InChI is InChI=1S/C38H37F2N3O7S/c1-38(2,25-6-4-3-5-7-25)35(37(48)49)42-31(45)20-41-32(46)21-50-29-18-10-24(11-19-29)33-34(36(47)43(33)28-16-14-27(40)15-17-28)51-22-30(44)23-8-12-26(39)13-9-23/h3-19,30,33-35,44H,20-22H2,1-2H3,(H,41,46)(H,42,45)(H,48,49)/t30-,33-,34-,35-/m1/s1/i1D,2D. The second-order valence-electron chi connectivity index (χ2n) is 11.9. The molecule has 0 aromatic heterocycles. The first kappa shape index (κ1) is 34.2. The Hall–Kier alpha value is -5.27. The Morgan fingerprint density at radius 3 is 2.16 bits per heavy atom. The Labute approximate surface area is 300 Å². The maximum atomic E-state index is 13.7. The summed E-state index contributed by atoms with van der Waals surface area (Å²) in [6, 6.07) is 23.7. The average Bonchev–Trinajstić information content (AvgIpc) is 3.17. The quantitative estimate of drug-likeness (QED) is 0.127. The lowest BCUT2D eigenvalue weighted by atomic mass is 9.77. The number of nitrogens with one attached hydrogen (secondary N) is 2. The van der Waals surface area contributed by atoms with Gasteiger partial charge in [-0.25, -0.2) is 13.6 Å². The number of carboxylic acids is 1. The van der Waals surface area contributed by atoms with Crippen molar-refractivity contribution >= 4 is 41.1 Å². The molecule has 4 aromatic carbocycles. The fourth-order valence-electron chi connectivity index (χ4n) is 5.54. The van der Waals surface area contributed by atoms with E-state index >= 15 is 0 Å². The van der Waals surface area contributed by atoms with Crippen LogP contribution in [0.1, 0.15) is 45.4 Å². The van der Waals surface area contributed by atoms with Gasteiger partial charge in [-0.2, -0.15) is 0 Å². The van der Waals surface area contributed by atoms with Gasteiger partial charge in [-0.1, -0.05) is 68.4 Å². The smallest absolute Gasteiger partial charge is 0.327 e. The van der Waals surface area contributed by atoms with E-state index in [0.29, 0.717) is 28.1 Å². The number of carbonyl (C=O) groups is 4. The number of benzene rings is 4. The fourth-order valence-corrected chi connectivity index (χ4v) is 6.84. The number of aliphatic hydroxyl groups is 1. The maximum Gasteiger partial charge on any atom is 0.327 e. The van der Waals surface area contributed by atoms with Gasteiger partial charge in [0.25, 0.3) is 5.91 Å². The highest BCUT2D eigenvalue weighted by atomic mass is 32.2. The second-order valence-corrected chi connectivity index (χ2v) is 13.1. The predicted molar refractivity (Wildman–Crippen MR) is 188 cm³/mol. The van der Waals surface area contributed by atoms with Gasteiger partial charge in [-0.05, 0) is 65.2 Å². The molecule has 0 saturated carbocycles. The van der Waals surface area contributed by atoms with E-state index in [1.54, 1.807) is 54.6 Å². The molecule has 3 amide bonds. The number of carboxylic acid groups (broad SMARTS) is 1. The largest absolute Gasteiger partial charge is 0.484 e. The van der Waals surface area contributed by atoms with Crippen LogP contribution in [0.15, 0.2) is 103 Å². The number of ether oxygens (including phenoxy) is 1. The van der Waals surface area contributed by atoms with E-state index in [2.05, 4.69) is 10.6 Å². The van der Waals surface area contributed by atoms with Crippen molar-refractivity contribution in [3.63, 3.8) is 0 Å². The van der Waals surface area contributed by atoms with E-state index < -0.39 is 85.2 Å². The summed E-state index contributed by atoms with van der Waals surface area (Å²) in [6.07, 6.45) is -0.949. The Bertz CT molecular complexity index is 1890. The number of halogens is 2. The zero-order chi connectivity index (χ0) is 38.1. The molecule has 0 spiro atoms. The van der Waals surface area contributed by atoms with Gasteiger partial charge in [0.1, 0.15) is 28.7 Å². The summed E-state index contributed by atoms with van der Waals surface area (Å²) < 4.78 is 48.7. The van der Waals surface area contributed by atoms with Crippen molar-refractivity contribution < 1.29 is 45.7 Å². The van der Waals surface area contributed by atoms with E-state index in [9.17, 15) is 38.2 Å². The van der Waals surface area contributed by atoms with Gasteiger partial charge in [-0.15, -0.1) is 11.8 Å². The predicted octanol–water partition coefficient (Wildman–Crippen LogP) is 4.93. The fraction of sp³-hybridized carbons (Fsp3) is 0.263. The molecule has 0 radical (unpaired) electrons. The minimum Gasteiger partial charge on any atom is -0.484 e. The topological polar surface area (TPSA) is 145 Å². The van der Waals surface area contributed by atoms with Crippen molar-refractivity contribution in [3.05, 3.63) is 131 Å². The molecular weight excluding hydrogens is 680 g/mol. The molecule has 0 aliphatic carbocycles. The zero-order valence-electron chi connectivity index (χ0n) is 29.2. The molecular formula is C38H37F2N3O7S. The van der Waals surface area contributed by atoms with Crippen molar-refractivity contribution in [2.45, 2.75) is 42.7 Å². The number of aliphatic carboxylic acids is 1. The number of hydrogen-bond donors (Lipinski definition) is 4. The molecule has 4 aromatic rings. The Balaban J connectivity index is 1.18. The summed E-state index contributed by atoms with van der Waals surface area (Å²) in [6.45, 7) is -2.00. The third kappa shape index (κ3) is 8.91. The Morgan fingerprint density at radius 1 is 0.922 bits per heavy atom. The SMILES string of the molecule is [2H]CC(C[2H])(c1ccccc1)[C@H](NC(=O)CNC(=O)COc1ccc([C@@H]2[C@@H](SC[C@@H](O)c3ccc(F)cc3)C(=O)N2c2ccc(F)cc2)cc1)C(=O)O. The van der Waals surface area contributed by atoms with Crippen LogP contribution >= 0.6 is 11.8 Å². The second kappa shape index (κ2) is 16.2. The van der Waals surface area contributed by atoms with Crippen LogP contribution in [0, 0.1) is 11.6 Å². The summed E-state index contributed by atoms with van der Waals surface area (Å²) in [5, 5.41) is 24.7. The number of thioether (sulfide) groups is 1. The zero-order valence-corrected chi connectivity index (χ0v) is 28.0. The van der Waals surface area contributed by atoms with E-state index in [1.807, 2.05) is 0 Å². The molecule has 1 aliphatic heterocycles. The normalized spacial score (nSPS) is 17.3. The first-order chi connectivity index (χ1) is 25.5. The van der Waals surface area contributed by atoms with Crippen LogP contribution in [0.4, 0.5) is 14.5 Å². The highest BCUT2D eigenvalue weighted by molar-refractivity contribution is 8.00. The maximum absolute atomic E-state index is 13.7. The minimum absolute atomic E-state index is 0.156. The van der Waals surface area contributed by atoms with Crippen molar-refractivity contribution in [1.82, 2.24) is 10.6 Å². The number of anilines is 1. The van der Waals surface area contributed by atoms with Crippen molar-refractivity contribution in [3.8, 4) is 5.75 Å². The highest BCUT2D eigenvalue weighted by Gasteiger charge is 2.49. The van der Waals surface area contributed by atoms with Gasteiger partial charge >= 0.3 is 5.97 Å². The van der Waals surface area contributed by atoms with Crippen LogP contribution in [0.5, 0.6) is 5.75 Å². The Kier molecular flexibility index (Phi) is 10.8. The van der Waals surface area contributed by atoms with Crippen LogP contribution < -0.4 is 20.3 Å². The number of β-lactam (4-membered cyclic amide) rings is 1. The molecule has 1 aliphatic rings. The summed E-state index contributed by atoms with van der Waals surface area (Å²) >= 11 is 1.24. The third-order valence-electron chi connectivity index (χ3n) is 8.33. The molecule has 4 atom stereocenters. The molecule has 0 unspecified atom stereocenters. The molecule has 1 saturated heterocycles. The van der Waals surface area contributed by atoms with Gasteiger partial charge in [0.15, 0.2) is 6.61 Å². The van der Waals surface area contributed by atoms with Crippen molar-refractivity contribution in [2.75, 3.05) is 23.8 Å². The number of aliphatic hydroxyl groups excluding tert-OH is 1.